The highest BCUT2D eigenvalue weighted by atomic mass is 32.1. The monoisotopic (exact) mass is 261 g/mol. The Hall–Kier alpha value is -1.46. The molecule has 0 amide bonds. The van der Waals surface area contributed by atoms with E-state index in [1.165, 1.54) is 25.9 Å². The average Bonchev–Trinajstić information content (AvgIpc) is 3.02. The lowest BCUT2D eigenvalue weighted by atomic mass is 10.3. The summed E-state index contributed by atoms with van der Waals surface area (Å²) in [5.41, 5.74) is 1.09. The summed E-state index contributed by atoms with van der Waals surface area (Å²) in [4.78, 5) is 1.60. The SMILES string of the molecule is S=c1[nH]nc(C[NH+]2CCCC2)n1-c1ccccc1. The van der Waals surface area contributed by atoms with Crippen LogP contribution in [0.15, 0.2) is 30.3 Å². The van der Waals surface area contributed by atoms with Crippen LogP contribution in [0, 0.1) is 4.77 Å². The molecule has 0 radical (unpaired) electrons. The van der Waals surface area contributed by atoms with Crippen molar-refractivity contribution < 1.29 is 4.90 Å². The number of H-pyrrole nitrogens is 1. The summed E-state index contributed by atoms with van der Waals surface area (Å²) in [6, 6.07) is 10.2. The van der Waals surface area contributed by atoms with Crippen LogP contribution in [0.1, 0.15) is 18.7 Å². The van der Waals surface area contributed by atoms with E-state index in [-0.39, 0.29) is 0 Å². The standard InChI is InChI=1S/C13H16N4S/c18-13-15-14-12(10-16-8-4-5-9-16)17(13)11-6-2-1-3-7-11/h1-3,6-7H,4-5,8-10H2,(H,15,18)/p+1. The molecule has 0 spiro atoms. The Bertz CT molecular complexity index is 566. The van der Waals surface area contributed by atoms with E-state index < -0.39 is 0 Å². The first kappa shape index (κ1) is 11.6. The molecule has 1 aromatic carbocycles. The molecule has 2 N–H and O–H groups in total. The van der Waals surface area contributed by atoms with Crippen molar-refractivity contribution in [1.29, 1.82) is 0 Å². The third-order valence-electron chi connectivity index (χ3n) is 3.47. The molecule has 0 unspecified atom stereocenters. The molecule has 1 aliphatic heterocycles. The number of quaternary nitrogens is 1. The van der Waals surface area contributed by atoms with E-state index in [1.807, 2.05) is 22.8 Å². The largest absolute Gasteiger partial charge is 0.329 e. The van der Waals surface area contributed by atoms with Crippen LogP contribution in [-0.4, -0.2) is 27.9 Å². The molecule has 1 aliphatic rings. The van der Waals surface area contributed by atoms with Gasteiger partial charge in [-0.2, -0.15) is 5.10 Å². The fourth-order valence-electron chi connectivity index (χ4n) is 2.57. The van der Waals surface area contributed by atoms with Gasteiger partial charge in [0.2, 0.25) is 0 Å². The van der Waals surface area contributed by atoms with E-state index in [2.05, 4.69) is 22.3 Å². The normalized spacial score (nSPS) is 16.2. The summed E-state index contributed by atoms with van der Waals surface area (Å²) in [5, 5.41) is 7.29. The van der Waals surface area contributed by atoms with Crippen molar-refractivity contribution in [2.75, 3.05) is 13.1 Å². The molecule has 94 valence electrons. The smallest absolute Gasteiger partial charge is 0.200 e. The van der Waals surface area contributed by atoms with Crippen LogP contribution in [0.2, 0.25) is 0 Å². The van der Waals surface area contributed by atoms with Crippen LogP contribution >= 0.6 is 12.2 Å². The molecular weight excluding hydrogens is 244 g/mol. The average molecular weight is 261 g/mol. The number of para-hydroxylation sites is 1. The Morgan fingerprint density at radius 2 is 1.94 bits per heavy atom. The van der Waals surface area contributed by atoms with Crippen molar-refractivity contribution in [2.24, 2.45) is 0 Å². The van der Waals surface area contributed by atoms with Crippen molar-refractivity contribution >= 4 is 12.2 Å². The molecule has 2 heterocycles. The molecule has 18 heavy (non-hydrogen) atoms. The number of aromatic amines is 1. The Morgan fingerprint density at radius 3 is 2.67 bits per heavy atom. The predicted molar refractivity (Wildman–Crippen MR) is 72.4 cm³/mol. The van der Waals surface area contributed by atoms with Gasteiger partial charge in [-0.1, -0.05) is 18.2 Å². The summed E-state index contributed by atoms with van der Waals surface area (Å²) in [6.07, 6.45) is 2.65. The molecule has 4 nitrogen and oxygen atoms in total. The van der Waals surface area contributed by atoms with E-state index in [9.17, 15) is 0 Å². The minimum Gasteiger partial charge on any atom is -0.329 e. The van der Waals surface area contributed by atoms with Gasteiger partial charge in [-0.15, -0.1) is 0 Å². The molecule has 0 aliphatic carbocycles. The third kappa shape index (κ3) is 2.23. The van der Waals surface area contributed by atoms with Gasteiger partial charge in [-0.05, 0) is 24.4 Å². The number of likely N-dealkylation sites (tertiary alicyclic amines) is 1. The quantitative estimate of drug-likeness (QED) is 0.812. The number of nitrogens with zero attached hydrogens (tertiary/aromatic N) is 2. The molecule has 1 aromatic heterocycles. The summed E-state index contributed by atoms with van der Waals surface area (Å²) in [7, 11) is 0. The number of benzene rings is 1. The van der Waals surface area contributed by atoms with Crippen molar-refractivity contribution in [2.45, 2.75) is 19.4 Å². The van der Waals surface area contributed by atoms with E-state index >= 15 is 0 Å². The zero-order chi connectivity index (χ0) is 12.4. The lowest BCUT2D eigenvalue weighted by Crippen LogP contribution is -3.08. The van der Waals surface area contributed by atoms with Gasteiger partial charge in [-0.3, -0.25) is 9.67 Å². The highest BCUT2D eigenvalue weighted by Gasteiger charge is 2.19. The fourth-order valence-corrected chi connectivity index (χ4v) is 2.82. The van der Waals surface area contributed by atoms with Gasteiger partial charge in [-0.25, -0.2) is 0 Å². The van der Waals surface area contributed by atoms with Crippen LogP contribution in [0.3, 0.4) is 0 Å². The van der Waals surface area contributed by atoms with Crippen LogP contribution in [0.4, 0.5) is 0 Å². The lowest BCUT2D eigenvalue weighted by Gasteiger charge is -2.12. The molecule has 0 saturated carbocycles. The summed E-state index contributed by atoms with van der Waals surface area (Å²) in [5.74, 6) is 1.03. The minimum atomic E-state index is 0.676. The van der Waals surface area contributed by atoms with E-state index in [0.29, 0.717) is 4.77 Å². The maximum Gasteiger partial charge on any atom is 0.200 e. The van der Waals surface area contributed by atoms with Crippen LogP contribution in [-0.2, 0) is 6.54 Å². The highest BCUT2D eigenvalue weighted by Crippen LogP contribution is 2.10. The highest BCUT2D eigenvalue weighted by molar-refractivity contribution is 7.71. The second-order valence-electron chi connectivity index (χ2n) is 4.75. The Kier molecular flexibility index (Phi) is 3.25. The topological polar surface area (TPSA) is 38.0 Å². The maximum absolute atomic E-state index is 5.33. The molecule has 1 fully saturated rings. The first-order chi connectivity index (χ1) is 8.84. The zero-order valence-electron chi connectivity index (χ0n) is 10.2. The van der Waals surface area contributed by atoms with E-state index in [4.69, 9.17) is 12.2 Å². The number of nitrogens with one attached hydrogen (secondary N) is 2. The van der Waals surface area contributed by atoms with Gasteiger partial charge < -0.3 is 4.90 Å². The van der Waals surface area contributed by atoms with Gasteiger partial charge in [0.1, 0.15) is 6.54 Å². The molecular formula is C13H17N4S+. The number of hydrogen-bond acceptors (Lipinski definition) is 2. The second kappa shape index (κ2) is 5.04. The van der Waals surface area contributed by atoms with Crippen molar-refractivity contribution in [3.8, 4) is 5.69 Å². The number of rotatable bonds is 3. The second-order valence-corrected chi connectivity index (χ2v) is 5.14. The van der Waals surface area contributed by atoms with Gasteiger partial charge in [0, 0.05) is 18.5 Å². The zero-order valence-corrected chi connectivity index (χ0v) is 11.0. The van der Waals surface area contributed by atoms with Crippen molar-refractivity contribution in [3.05, 3.63) is 40.9 Å². The summed E-state index contributed by atoms with van der Waals surface area (Å²) >= 11 is 5.33. The Morgan fingerprint density at radius 1 is 1.22 bits per heavy atom. The van der Waals surface area contributed by atoms with Crippen molar-refractivity contribution in [1.82, 2.24) is 14.8 Å². The number of hydrogen-bond donors (Lipinski definition) is 2. The van der Waals surface area contributed by atoms with Crippen LogP contribution in [0.5, 0.6) is 0 Å². The first-order valence-electron chi connectivity index (χ1n) is 6.40. The molecule has 5 heteroatoms. The maximum atomic E-state index is 5.33. The van der Waals surface area contributed by atoms with E-state index in [1.54, 1.807) is 4.90 Å². The summed E-state index contributed by atoms with van der Waals surface area (Å²) < 4.78 is 2.72. The predicted octanol–water partition coefficient (Wildman–Crippen LogP) is 1.11. The third-order valence-corrected chi connectivity index (χ3v) is 3.75. The number of aromatic nitrogens is 3. The fraction of sp³-hybridized carbons (Fsp3) is 0.385. The Balaban J connectivity index is 1.94. The summed E-state index contributed by atoms with van der Waals surface area (Å²) in [6.45, 7) is 3.44. The lowest BCUT2D eigenvalue weighted by molar-refractivity contribution is -0.902. The molecule has 0 atom stereocenters. The minimum absolute atomic E-state index is 0.676. The molecule has 1 saturated heterocycles. The van der Waals surface area contributed by atoms with Crippen LogP contribution < -0.4 is 4.90 Å². The van der Waals surface area contributed by atoms with E-state index in [0.717, 1.165) is 18.1 Å². The molecule has 3 rings (SSSR count). The van der Waals surface area contributed by atoms with Crippen molar-refractivity contribution in [3.63, 3.8) is 0 Å². The first-order valence-corrected chi connectivity index (χ1v) is 6.81. The molecule has 0 bridgehead atoms. The van der Waals surface area contributed by atoms with Crippen LogP contribution in [0.25, 0.3) is 5.69 Å². The Labute approximate surface area is 111 Å². The van der Waals surface area contributed by atoms with Gasteiger partial charge >= 0.3 is 0 Å². The van der Waals surface area contributed by atoms with Gasteiger partial charge in [0.15, 0.2) is 10.6 Å². The van der Waals surface area contributed by atoms with Gasteiger partial charge in [0.05, 0.1) is 13.1 Å². The molecule has 2 aromatic rings. The van der Waals surface area contributed by atoms with Gasteiger partial charge in [0.25, 0.3) is 0 Å².